The Morgan fingerprint density at radius 2 is 1.14 bits per heavy atom. The molecular formula is C4H6O3. The minimum absolute atomic E-state index is 0. The highest BCUT2D eigenvalue weighted by Crippen LogP contribution is 1.66. The summed E-state index contributed by atoms with van der Waals surface area (Å²) in [7, 11) is 0. The van der Waals surface area contributed by atoms with Gasteiger partial charge < -0.3 is 0 Å². The van der Waals surface area contributed by atoms with Gasteiger partial charge in [-0.25, -0.2) is 0 Å². The molecule has 3 heteroatoms. The first kappa shape index (κ1) is 9.57. The molecule has 7 heavy (non-hydrogen) atoms. The molecular weight excluding hydrogens is 96.0 g/mol. The number of ketones is 2. The van der Waals surface area contributed by atoms with Crippen LogP contribution in [0.1, 0.15) is 13.8 Å². The molecule has 0 fully saturated rings. The largest absolute Gasteiger partial charge is 0.291 e. The molecule has 0 spiro atoms. The Hall–Kier alpha value is -0.700. The van der Waals surface area contributed by atoms with Crippen LogP contribution < -0.4 is 0 Å². The molecule has 0 aliphatic heterocycles. The molecule has 0 amide bonds. The van der Waals surface area contributed by atoms with E-state index in [1.807, 2.05) is 0 Å². The second kappa shape index (κ2) is 3.49. The van der Waals surface area contributed by atoms with Gasteiger partial charge in [0.15, 0.2) is 11.6 Å². The van der Waals surface area contributed by atoms with Crippen LogP contribution in [-0.2, 0) is 15.1 Å². The average Bonchev–Trinajstić information content (AvgIpc) is 1.36. The van der Waals surface area contributed by atoms with E-state index in [0.717, 1.165) is 0 Å². The van der Waals surface area contributed by atoms with E-state index in [9.17, 15) is 9.59 Å². The van der Waals surface area contributed by atoms with Crippen LogP contribution in [0.5, 0.6) is 0 Å². The maximum atomic E-state index is 9.79. The van der Waals surface area contributed by atoms with E-state index in [2.05, 4.69) is 0 Å². The van der Waals surface area contributed by atoms with Crippen LogP contribution in [0.2, 0.25) is 0 Å². The van der Waals surface area contributed by atoms with Crippen LogP contribution in [0, 0.1) is 0 Å². The lowest BCUT2D eigenvalue weighted by molar-refractivity contribution is -0.134. The predicted molar refractivity (Wildman–Crippen MR) is 22.0 cm³/mol. The number of carbonyl (C=O) groups excluding carboxylic acids is 2. The fourth-order valence-corrected chi connectivity index (χ4v) is 0. The van der Waals surface area contributed by atoms with E-state index in [0.29, 0.717) is 0 Å². The standard InChI is InChI=1S/C4H6O2.O/c1-3(5)4(2)6;/h1-2H3;. The minimum Gasteiger partial charge on any atom is -0.291 e. The van der Waals surface area contributed by atoms with Crippen molar-refractivity contribution in [1.82, 2.24) is 0 Å². The third-order valence-electron chi connectivity index (χ3n) is 0.496. The third-order valence-corrected chi connectivity index (χ3v) is 0.496. The first-order chi connectivity index (χ1) is 2.64. The number of hydrogen-bond acceptors (Lipinski definition) is 2. The zero-order valence-electron chi connectivity index (χ0n) is 4.22. The molecule has 0 heterocycles. The lowest BCUT2D eigenvalue weighted by atomic mass is 10.3. The number of Topliss-reactive ketones (excluding diaryl/α,β-unsaturated/α-hetero) is 2. The van der Waals surface area contributed by atoms with Crippen LogP contribution >= 0.6 is 0 Å². The van der Waals surface area contributed by atoms with Crippen LogP contribution in [0.3, 0.4) is 0 Å². The van der Waals surface area contributed by atoms with E-state index >= 15 is 0 Å². The normalized spacial score (nSPS) is 6.57. The van der Waals surface area contributed by atoms with Gasteiger partial charge in [0.1, 0.15) is 0 Å². The van der Waals surface area contributed by atoms with Gasteiger partial charge in [-0.3, -0.25) is 9.59 Å². The predicted octanol–water partition coefficient (Wildman–Crippen LogP) is 0.0456. The molecule has 0 aliphatic carbocycles. The Balaban J connectivity index is 0. The monoisotopic (exact) mass is 102 g/mol. The summed E-state index contributed by atoms with van der Waals surface area (Å²) in [4.78, 5) is 19.6. The Morgan fingerprint density at radius 3 is 1.14 bits per heavy atom. The molecule has 0 aliphatic rings. The van der Waals surface area contributed by atoms with Crippen molar-refractivity contribution in [3.63, 3.8) is 0 Å². The summed E-state index contributed by atoms with van der Waals surface area (Å²) in [6.45, 7) is 2.50. The molecule has 0 aromatic carbocycles. The fourth-order valence-electron chi connectivity index (χ4n) is 0. The second-order valence-electron chi connectivity index (χ2n) is 1.11. The maximum Gasteiger partial charge on any atom is 0.195 e. The van der Waals surface area contributed by atoms with Crippen molar-refractivity contribution in [1.29, 1.82) is 0 Å². The summed E-state index contributed by atoms with van der Waals surface area (Å²) in [5.41, 5.74) is 0. The van der Waals surface area contributed by atoms with Crippen molar-refractivity contribution < 1.29 is 15.1 Å². The lowest BCUT2D eigenvalue weighted by Crippen LogP contribution is -2.01. The smallest absolute Gasteiger partial charge is 0.195 e. The summed E-state index contributed by atoms with van der Waals surface area (Å²) in [6.07, 6.45) is 0. The molecule has 0 unspecified atom stereocenters. The van der Waals surface area contributed by atoms with Crippen LogP contribution in [-0.4, -0.2) is 11.6 Å². The van der Waals surface area contributed by atoms with Crippen LogP contribution in [0.25, 0.3) is 0 Å². The van der Waals surface area contributed by atoms with Crippen molar-refractivity contribution in [3.8, 4) is 0 Å². The van der Waals surface area contributed by atoms with Gasteiger partial charge in [-0.2, -0.15) is 0 Å². The van der Waals surface area contributed by atoms with Crippen molar-refractivity contribution in [2.75, 3.05) is 0 Å². The molecule has 0 saturated heterocycles. The summed E-state index contributed by atoms with van der Waals surface area (Å²) < 4.78 is 0. The molecule has 40 valence electrons. The van der Waals surface area contributed by atoms with Crippen LogP contribution in [0.4, 0.5) is 0 Å². The van der Waals surface area contributed by atoms with Gasteiger partial charge in [-0.05, 0) is 0 Å². The molecule has 0 N–H and O–H groups in total. The molecule has 3 nitrogen and oxygen atoms in total. The first-order valence-electron chi connectivity index (χ1n) is 1.66. The second-order valence-corrected chi connectivity index (χ2v) is 1.11. The highest BCUT2D eigenvalue weighted by Gasteiger charge is 1.94. The van der Waals surface area contributed by atoms with Gasteiger partial charge in [-0.1, -0.05) is 0 Å². The van der Waals surface area contributed by atoms with Gasteiger partial charge in [0.05, 0.1) is 0 Å². The Morgan fingerprint density at radius 1 is 1.00 bits per heavy atom. The average molecular weight is 102 g/mol. The fraction of sp³-hybridized carbons (Fsp3) is 0.500. The van der Waals surface area contributed by atoms with Crippen molar-refractivity contribution >= 4 is 11.6 Å². The van der Waals surface area contributed by atoms with Gasteiger partial charge in [0.25, 0.3) is 0 Å². The van der Waals surface area contributed by atoms with Gasteiger partial charge >= 0.3 is 0 Å². The maximum absolute atomic E-state index is 9.79. The molecule has 0 saturated carbocycles. The molecule has 0 aromatic rings. The summed E-state index contributed by atoms with van der Waals surface area (Å²) in [6, 6.07) is 0. The van der Waals surface area contributed by atoms with E-state index in [4.69, 9.17) is 0 Å². The number of hydrogen-bond donors (Lipinski definition) is 0. The third kappa shape index (κ3) is 5.30. The van der Waals surface area contributed by atoms with Crippen LogP contribution in [0.15, 0.2) is 0 Å². The van der Waals surface area contributed by atoms with E-state index in [1.54, 1.807) is 0 Å². The molecule has 0 atom stereocenters. The summed E-state index contributed by atoms with van der Waals surface area (Å²) in [5, 5.41) is 0. The van der Waals surface area contributed by atoms with Crippen molar-refractivity contribution in [2.24, 2.45) is 0 Å². The topological polar surface area (TPSA) is 62.6 Å². The highest BCUT2D eigenvalue weighted by molar-refractivity contribution is 6.35. The Bertz CT molecular complexity index is 72.9. The van der Waals surface area contributed by atoms with E-state index < -0.39 is 0 Å². The summed E-state index contributed by atoms with van der Waals surface area (Å²) in [5.74, 6) is -0.759. The number of rotatable bonds is 1. The van der Waals surface area contributed by atoms with Crippen molar-refractivity contribution in [2.45, 2.75) is 13.8 Å². The summed E-state index contributed by atoms with van der Waals surface area (Å²) >= 11 is 0. The van der Waals surface area contributed by atoms with E-state index in [-0.39, 0.29) is 17.0 Å². The quantitative estimate of drug-likeness (QED) is 0.439. The molecule has 2 radical (unpaired) electrons. The molecule has 0 aromatic heterocycles. The van der Waals surface area contributed by atoms with Gasteiger partial charge in [-0.15, -0.1) is 0 Å². The Labute approximate surface area is 41.6 Å². The minimum atomic E-state index is -0.380. The highest BCUT2D eigenvalue weighted by atomic mass is 16.2. The Kier molecular flexibility index (Phi) is 4.77. The van der Waals surface area contributed by atoms with Gasteiger partial charge in [0, 0.05) is 19.3 Å². The van der Waals surface area contributed by atoms with Gasteiger partial charge in [0.2, 0.25) is 0 Å². The van der Waals surface area contributed by atoms with E-state index in [1.165, 1.54) is 13.8 Å². The molecule has 0 bridgehead atoms. The lowest BCUT2D eigenvalue weighted by Gasteiger charge is -1.73. The zero-order chi connectivity index (χ0) is 5.15. The first-order valence-corrected chi connectivity index (χ1v) is 1.66. The number of carbonyl (C=O) groups is 2. The zero-order valence-corrected chi connectivity index (χ0v) is 4.22. The molecule has 0 rings (SSSR count). The SMILES string of the molecule is CC(=O)C(C)=O.[O]. The van der Waals surface area contributed by atoms with Crippen molar-refractivity contribution in [3.05, 3.63) is 0 Å².